The van der Waals surface area contributed by atoms with E-state index < -0.39 is 4.92 Å². The topological polar surface area (TPSA) is 116 Å². The molecule has 1 fully saturated rings. The Morgan fingerprint density at radius 1 is 1.68 bits per heavy atom. The highest BCUT2D eigenvalue weighted by Crippen LogP contribution is 2.32. The lowest BCUT2D eigenvalue weighted by molar-refractivity contribution is -0.385. The van der Waals surface area contributed by atoms with Gasteiger partial charge in [-0.25, -0.2) is 0 Å². The van der Waals surface area contributed by atoms with Crippen molar-refractivity contribution in [1.82, 2.24) is 15.1 Å². The van der Waals surface area contributed by atoms with Crippen molar-refractivity contribution < 1.29 is 9.72 Å². The normalized spacial score (nSPS) is 16.1. The molecule has 1 amide bonds. The molecule has 19 heavy (non-hydrogen) atoms. The third-order valence-corrected chi connectivity index (χ3v) is 3.19. The lowest BCUT2D eigenvalue weighted by Crippen LogP contribution is -2.42. The SMILES string of the molecule is NCC(NC(=O)CCn1cc([N+](=O)[O-])cn1)C1CC1. The monoisotopic (exact) mass is 267 g/mol. The number of carbonyl (C=O) groups excluding carboxylic acids is 1. The molecule has 0 saturated heterocycles. The molecule has 1 aromatic rings. The van der Waals surface area contributed by atoms with E-state index in [0.717, 1.165) is 12.8 Å². The van der Waals surface area contributed by atoms with Crippen molar-refractivity contribution in [1.29, 1.82) is 0 Å². The van der Waals surface area contributed by atoms with Crippen LogP contribution >= 0.6 is 0 Å². The number of nitrogens with zero attached hydrogens (tertiary/aromatic N) is 3. The maximum absolute atomic E-state index is 11.7. The largest absolute Gasteiger partial charge is 0.352 e. The molecule has 0 radical (unpaired) electrons. The van der Waals surface area contributed by atoms with Gasteiger partial charge in [0.15, 0.2) is 0 Å². The molecule has 2 rings (SSSR count). The van der Waals surface area contributed by atoms with E-state index in [1.807, 2.05) is 0 Å². The Morgan fingerprint density at radius 2 is 2.42 bits per heavy atom. The second-order valence-electron chi connectivity index (χ2n) is 4.72. The van der Waals surface area contributed by atoms with Crippen LogP contribution in [-0.2, 0) is 11.3 Å². The molecule has 1 aromatic heterocycles. The first-order valence-electron chi connectivity index (χ1n) is 6.26. The first-order valence-corrected chi connectivity index (χ1v) is 6.26. The maximum atomic E-state index is 11.7. The summed E-state index contributed by atoms with van der Waals surface area (Å²) in [6.07, 6.45) is 4.96. The minimum atomic E-state index is -0.513. The fourth-order valence-corrected chi connectivity index (χ4v) is 1.93. The number of hydrogen-bond donors (Lipinski definition) is 2. The zero-order chi connectivity index (χ0) is 13.8. The Labute approximate surface area is 110 Å². The molecular formula is C11H17N5O3. The van der Waals surface area contributed by atoms with Crippen molar-refractivity contribution >= 4 is 11.6 Å². The summed E-state index contributed by atoms with van der Waals surface area (Å²) in [5.41, 5.74) is 5.53. The first kappa shape index (κ1) is 13.5. The fraction of sp³-hybridized carbons (Fsp3) is 0.636. The zero-order valence-electron chi connectivity index (χ0n) is 10.5. The van der Waals surface area contributed by atoms with Gasteiger partial charge in [-0.15, -0.1) is 0 Å². The van der Waals surface area contributed by atoms with Crippen molar-refractivity contribution in [3.8, 4) is 0 Å². The number of nitrogens with two attached hydrogens (primary N) is 1. The summed E-state index contributed by atoms with van der Waals surface area (Å²) >= 11 is 0. The summed E-state index contributed by atoms with van der Waals surface area (Å²) in [5, 5.41) is 17.2. The average molecular weight is 267 g/mol. The Kier molecular flexibility index (Phi) is 4.10. The number of amides is 1. The van der Waals surface area contributed by atoms with Crippen molar-refractivity contribution in [2.24, 2.45) is 11.7 Å². The lowest BCUT2D eigenvalue weighted by Gasteiger charge is -2.15. The molecule has 8 nitrogen and oxygen atoms in total. The second-order valence-corrected chi connectivity index (χ2v) is 4.72. The number of aromatic nitrogens is 2. The Bertz CT molecular complexity index is 469. The van der Waals surface area contributed by atoms with Gasteiger partial charge in [-0.2, -0.15) is 5.10 Å². The molecule has 0 aliphatic heterocycles. The van der Waals surface area contributed by atoms with Crippen LogP contribution in [0, 0.1) is 16.0 Å². The van der Waals surface area contributed by atoms with Crippen molar-refractivity contribution in [3.05, 3.63) is 22.5 Å². The van der Waals surface area contributed by atoms with Gasteiger partial charge in [0.05, 0.1) is 4.92 Å². The number of hydrogen-bond acceptors (Lipinski definition) is 5. The minimum Gasteiger partial charge on any atom is -0.352 e. The number of nitro groups is 1. The molecule has 8 heteroatoms. The van der Waals surface area contributed by atoms with Gasteiger partial charge >= 0.3 is 5.69 Å². The Balaban J connectivity index is 1.77. The quantitative estimate of drug-likeness (QED) is 0.534. The molecule has 1 aliphatic rings. The van der Waals surface area contributed by atoms with Crippen LogP contribution in [0.15, 0.2) is 12.4 Å². The fourth-order valence-electron chi connectivity index (χ4n) is 1.93. The summed E-state index contributed by atoms with van der Waals surface area (Å²) in [7, 11) is 0. The van der Waals surface area contributed by atoms with E-state index in [-0.39, 0.29) is 24.1 Å². The van der Waals surface area contributed by atoms with Crippen molar-refractivity contribution in [2.75, 3.05) is 6.54 Å². The van der Waals surface area contributed by atoms with Gasteiger partial charge in [0.25, 0.3) is 0 Å². The van der Waals surface area contributed by atoms with Gasteiger partial charge in [0.1, 0.15) is 12.4 Å². The van der Waals surface area contributed by atoms with E-state index in [2.05, 4.69) is 10.4 Å². The molecular weight excluding hydrogens is 250 g/mol. The van der Waals surface area contributed by atoms with Crippen molar-refractivity contribution in [2.45, 2.75) is 31.8 Å². The Morgan fingerprint density at radius 3 is 2.95 bits per heavy atom. The van der Waals surface area contributed by atoms with Crippen LogP contribution < -0.4 is 11.1 Å². The van der Waals surface area contributed by atoms with Crippen molar-refractivity contribution in [3.63, 3.8) is 0 Å². The summed E-state index contributed by atoms with van der Waals surface area (Å²) < 4.78 is 1.40. The molecule has 1 unspecified atom stereocenters. The zero-order valence-corrected chi connectivity index (χ0v) is 10.5. The molecule has 0 spiro atoms. The maximum Gasteiger partial charge on any atom is 0.306 e. The van der Waals surface area contributed by atoms with Gasteiger partial charge in [-0.05, 0) is 18.8 Å². The van der Waals surface area contributed by atoms with E-state index in [9.17, 15) is 14.9 Å². The summed E-state index contributed by atoms with van der Waals surface area (Å²) in [6.45, 7) is 0.769. The first-order chi connectivity index (χ1) is 9.10. The molecule has 3 N–H and O–H groups in total. The highest BCUT2D eigenvalue weighted by Gasteiger charge is 2.31. The summed E-state index contributed by atoms with van der Waals surface area (Å²) in [5.74, 6) is 0.417. The van der Waals surface area contributed by atoms with E-state index in [0.29, 0.717) is 19.0 Å². The molecule has 1 aliphatic carbocycles. The predicted octanol–water partition coefficient (Wildman–Crippen LogP) is 0.0349. The van der Waals surface area contributed by atoms with E-state index in [1.54, 1.807) is 0 Å². The summed E-state index contributed by atoms with van der Waals surface area (Å²) in [6, 6.07) is 0.0551. The van der Waals surface area contributed by atoms with E-state index in [1.165, 1.54) is 17.1 Å². The molecule has 0 aromatic carbocycles. The van der Waals surface area contributed by atoms with Crippen LogP contribution in [0.5, 0.6) is 0 Å². The van der Waals surface area contributed by atoms with Gasteiger partial charge in [0, 0.05) is 25.6 Å². The van der Waals surface area contributed by atoms with Gasteiger partial charge in [-0.3, -0.25) is 19.6 Å². The average Bonchev–Trinajstić information content (AvgIpc) is 3.11. The molecule has 104 valence electrons. The van der Waals surface area contributed by atoms with E-state index in [4.69, 9.17) is 5.73 Å². The molecule has 1 saturated carbocycles. The number of nitrogens with one attached hydrogen (secondary N) is 1. The van der Waals surface area contributed by atoms with Gasteiger partial charge in [-0.1, -0.05) is 0 Å². The third-order valence-electron chi connectivity index (χ3n) is 3.19. The highest BCUT2D eigenvalue weighted by atomic mass is 16.6. The van der Waals surface area contributed by atoms with Crippen LogP contribution in [0.3, 0.4) is 0 Å². The van der Waals surface area contributed by atoms with Crippen LogP contribution in [0.1, 0.15) is 19.3 Å². The standard InChI is InChI=1S/C11H17N5O3/c12-5-10(8-1-2-8)14-11(17)3-4-15-7-9(6-13-15)16(18)19/h6-8,10H,1-5,12H2,(H,14,17). The predicted molar refractivity (Wildman–Crippen MR) is 67.2 cm³/mol. The molecule has 1 heterocycles. The number of carbonyl (C=O) groups is 1. The van der Waals surface area contributed by atoms with Crippen LogP contribution in [0.2, 0.25) is 0 Å². The molecule has 0 bridgehead atoms. The van der Waals surface area contributed by atoms with Gasteiger partial charge < -0.3 is 11.1 Å². The van der Waals surface area contributed by atoms with E-state index >= 15 is 0 Å². The van der Waals surface area contributed by atoms with Crippen LogP contribution in [0.25, 0.3) is 0 Å². The Hall–Kier alpha value is -1.96. The highest BCUT2D eigenvalue weighted by molar-refractivity contribution is 5.76. The number of rotatable bonds is 7. The summed E-state index contributed by atoms with van der Waals surface area (Å²) in [4.78, 5) is 21.7. The lowest BCUT2D eigenvalue weighted by atomic mass is 10.2. The third kappa shape index (κ3) is 3.75. The smallest absolute Gasteiger partial charge is 0.306 e. The van der Waals surface area contributed by atoms with Crippen LogP contribution in [0.4, 0.5) is 5.69 Å². The van der Waals surface area contributed by atoms with Crippen LogP contribution in [-0.4, -0.2) is 33.2 Å². The molecule has 1 atom stereocenters. The second kappa shape index (κ2) is 5.79. The minimum absolute atomic E-state index is 0.0551. The number of aryl methyl sites for hydroxylation is 1. The van der Waals surface area contributed by atoms with Gasteiger partial charge in [0.2, 0.25) is 5.91 Å².